The summed E-state index contributed by atoms with van der Waals surface area (Å²) in [6.45, 7) is 3.91. The number of Topliss-reactive ketones (excluding diaryl/α,β-unsaturated/α-hetero) is 1. The maximum Gasteiger partial charge on any atom is 0.306 e. The van der Waals surface area contributed by atoms with Crippen LogP contribution in [0.2, 0.25) is 0 Å². The van der Waals surface area contributed by atoms with Crippen molar-refractivity contribution in [1.82, 2.24) is 0 Å². The molecule has 0 spiro atoms. The smallest absolute Gasteiger partial charge is 0.306 e. The Balaban J connectivity index is 4.04. The number of hydrogen-bond acceptors (Lipinski definition) is 4. The van der Waals surface area contributed by atoms with E-state index in [9.17, 15) is 9.59 Å². The van der Waals surface area contributed by atoms with Crippen molar-refractivity contribution in [3.05, 3.63) is 0 Å². The number of carbonyl (C=O) groups is 2. The minimum Gasteiger partial charge on any atom is -0.469 e. The fourth-order valence-electron chi connectivity index (χ4n) is 1.25. The molecule has 0 heterocycles. The van der Waals surface area contributed by atoms with Gasteiger partial charge in [-0.15, -0.1) is 0 Å². The molecule has 2 atom stereocenters. The van der Waals surface area contributed by atoms with Crippen LogP contribution in [0.3, 0.4) is 0 Å². The second kappa shape index (κ2) is 6.54. The molecule has 0 amide bonds. The monoisotopic (exact) mass is 202 g/mol. The molecule has 0 aliphatic heterocycles. The van der Waals surface area contributed by atoms with Gasteiger partial charge in [0.15, 0.2) is 0 Å². The largest absolute Gasteiger partial charge is 0.469 e. The van der Waals surface area contributed by atoms with Crippen molar-refractivity contribution < 1.29 is 19.1 Å². The van der Waals surface area contributed by atoms with E-state index in [1.807, 2.05) is 0 Å². The van der Waals surface area contributed by atoms with Crippen molar-refractivity contribution in [3.63, 3.8) is 0 Å². The number of carbonyl (C=O) groups excluding carboxylic acids is 2. The molecule has 4 nitrogen and oxygen atoms in total. The first kappa shape index (κ1) is 13.1. The third-order valence-electron chi connectivity index (χ3n) is 2.09. The van der Waals surface area contributed by atoms with Gasteiger partial charge in [0.25, 0.3) is 0 Å². The quantitative estimate of drug-likeness (QED) is 0.604. The molecule has 0 bridgehead atoms. The van der Waals surface area contributed by atoms with Gasteiger partial charge in [0.1, 0.15) is 5.78 Å². The van der Waals surface area contributed by atoms with Crippen LogP contribution >= 0.6 is 0 Å². The van der Waals surface area contributed by atoms with Crippen molar-refractivity contribution in [2.45, 2.75) is 20.3 Å². The lowest BCUT2D eigenvalue weighted by Crippen LogP contribution is -2.25. The van der Waals surface area contributed by atoms with E-state index < -0.39 is 0 Å². The van der Waals surface area contributed by atoms with Crippen LogP contribution < -0.4 is 0 Å². The van der Waals surface area contributed by atoms with E-state index in [1.54, 1.807) is 21.0 Å². The fourth-order valence-corrected chi connectivity index (χ4v) is 1.25. The molecule has 0 aromatic rings. The zero-order valence-corrected chi connectivity index (χ0v) is 9.20. The molecule has 0 aliphatic carbocycles. The van der Waals surface area contributed by atoms with E-state index in [1.165, 1.54) is 7.11 Å². The van der Waals surface area contributed by atoms with Crippen LogP contribution in [-0.2, 0) is 19.1 Å². The van der Waals surface area contributed by atoms with E-state index in [0.29, 0.717) is 6.61 Å². The summed E-state index contributed by atoms with van der Waals surface area (Å²) in [4.78, 5) is 22.5. The Hall–Kier alpha value is -0.900. The molecular formula is C10H18O4. The zero-order chi connectivity index (χ0) is 11.1. The second-order valence-electron chi connectivity index (χ2n) is 3.44. The molecule has 82 valence electrons. The molecule has 0 rings (SSSR count). The van der Waals surface area contributed by atoms with E-state index in [2.05, 4.69) is 4.74 Å². The number of methoxy groups -OCH3 is 2. The summed E-state index contributed by atoms with van der Waals surface area (Å²) in [6, 6.07) is 0. The molecule has 0 saturated heterocycles. The van der Waals surface area contributed by atoms with Crippen LogP contribution in [0.5, 0.6) is 0 Å². The molecule has 0 aromatic carbocycles. The molecule has 0 aliphatic rings. The van der Waals surface area contributed by atoms with Crippen LogP contribution in [0.4, 0.5) is 0 Å². The predicted octanol–water partition coefficient (Wildman–Crippen LogP) is 1.04. The number of ether oxygens (including phenoxy) is 2. The van der Waals surface area contributed by atoms with E-state index in [0.717, 1.165) is 0 Å². The minimum atomic E-state index is -0.351. The van der Waals surface area contributed by atoms with E-state index >= 15 is 0 Å². The number of ketones is 1. The van der Waals surface area contributed by atoms with Gasteiger partial charge in [0, 0.05) is 18.9 Å². The SMILES string of the molecule is COCC(C)C(=O)C(C)CC(=O)OC. The molecule has 0 fully saturated rings. The highest BCUT2D eigenvalue weighted by molar-refractivity contribution is 5.86. The van der Waals surface area contributed by atoms with Crippen LogP contribution in [0.25, 0.3) is 0 Å². The Kier molecular flexibility index (Phi) is 6.12. The maximum atomic E-state index is 11.6. The molecule has 0 saturated carbocycles. The van der Waals surface area contributed by atoms with Crippen molar-refractivity contribution in [1.29, 1.82) is 0 Å². The second-order valence-corrected chi connectivity index (χ2v) is 3.44. The first-order valence-electron chi connectivity index (χ1n) is 4.62. The fraction of sp³-hybridized carbons (Fsp3) is 0.800. The lowest BCUT2D eigenvalue weighted by atomic mass is 9.93. The minimum absolute atomic E-state index is 0.0391. The number of esters is 1. The molecule has 0 aromatic heterocycles. The van der Waals surface area contributed by atoms with Gasteiger partial charge in [-0.2, -0.15) is 0 Å². The van der Waals surface area contributed by atoms with Gasteiger partial charge < -0.3 is 9.47 Å². The molecule has 2 unspecified atom stereocenters. The van der Waals surface area contributed by atoms with Crippen LogP contribution in [-0.4, -0.2) is 32.6 Å². The van der Waals surface area contributed by atoms with Gasteiger partial charge in [-0.05, 0) is 0 Å². The van der Waals surface area contributed by atoms with Crippen molar-refractivity contribution >= 4 is 11.8 Å². The molecular weight excluding hydrogens is 184 g/mol. The summed E-state index contributed by atoms with van der Waals surface area (Å²) in [6.07, 6.45) is 0.142. The highest BCUT2D eigenvalue weighted by atomic mass is 16.5. The van der Waals surface area contributed by atoms with Crippen LogP contribution in [0, 0.1) is 11.8 Å². The standard InChI is InChI=1S/C10H18O4/c1-7(5-9(11)14-4)10(12)8(2)6-13-3/h7-8H,5-6H2,1-4H3. The third-order valence-corrected chi connectivity index (χ3v) is 2.09. The summed E-state index contributed by atoms with van der Waals surface area (Å²) >= 11 is 0. The highest BCUT2D eigenvalue weighted by Gasteiger charge is 2.22. The van der Waals surface area contributed by atoms with Crippen molar-refractivity contribution in [2.75, 3.05) is 20.8 Å². The summed E-state index contributed by atoms with van der Waals surface area (Å²) < 4.78 is 9.36. The van der Waals surface area contributed by atoms with Crippen LogP contribution in [0.15, 0.2) is 0 Å². The molecule has 0 N–H and O–H groups in total. The zero-order valence-electron chi connectivity index (χ0n) is 9.20. The van der Waals surface area contributed by atoms with Gasteiger partial charge in [0.2, 0.25) is 0 Å². The summed E-state index contributed by atoms with van der Waals surface area (Å²) in [5.41, 5.74) is 0. The molecule has 4 heteroatoms. The van der Waals surface area contributed by atoms with Crippen LogP contribution in [0.1, 0.15) is 20.3 Å². The average molecular weight is 202 g/mol. The summed E-state index contributed by atoms with van der Waals surface area (Å²) in [7, 11) is 2.87. The Morgan fingerprint density at radius 1 is 1.14 bits per heavy atom. The predicted molar refractivity (Wildman–Crippen MR) is 51.8 cm³/mol. The van der Waals surface area contributed by atoms with E-state index in [4.69, 9.17) is 4.74 Å². The molecule has 14 heavy (non-hydrogen) atoms. The topological polar surface area (TPSA) is 52.6 Å². The normalized spacial score (nSPS) is 14.6. The number of rotatable bonds is 6. The van der Waals surface area contributed by atoms with Crippen molar-refractivity contribution in [2.24, 2.45) is 11.8 Å². The van der Waals surface area contributed by atoms with E-state index in [-0.39, 0.29) is 30.0 Å². The lowest BCUT2D eigenvalue weighted by molar-refractivity contribution is -0.144. The number of hydrogen-bond donors (Lipinski definition) is 0. The lowest BCUT2D eigenvalue weighted by Gasteiger charge is -2.14. The average Bonchev–Trinajstić information content (AvgIpc) is 2.16. The Bertz CT molecular complexity index is 200. The highest BCUT2D eigenvalue weighted by Crippen LogP contribution is 2.11. The Morgan fingerprint density at radius 2 is 1.71 bits per heavy atom. The van der Waals surface area contributed by atoms with Gasteiger partial charge in [0.05, 0.1) is 20.1 Å². The first-order valence-corrected chi connectivity index (χ1v) is 4.62. The third kappa shape index (κ3) is 4.37. The molecule has 0 radical (unpaired) electrons. The van der Waals surface area contributed by atoms with Gasteiger partial charge in [-0.25, -0.2) is 0 Å². The Morgan fingerprint density at radius 3 is 2.14 bits per heavy atom. The summed E-state index contributed by atoms with van der Waals surface area (Å²) in [5, 5.41) is 0. The van der Waals surface area contributed by atoms with Crippen molar-refractivity contribution in [3.8, 4) is 0 Å². The van der Waals surface area contributed by atoms with Gasteiger partial charge in [-0.3, -0.25) is 9.59 Å². The van der Waals surface area contributed by atoms with Gasteiger partial charge in [-0.1, -0.05) is 13.8 Å². The van der Waals surface area contributed by atoms with Gasteiger partial charge >= 0.3 is 5.97 Å². The summed E-state index contributed by atoms with van der Waals surface area (Å²) in [5.74, 6) is -0.778. The first-order chi connectivity index (χ1) is 6.52. The Labute approximate surface area is 84.6 Å². The maximum absolute atomic E-state index is 11.6.